The smallest absolute Gasteiger partial charge is 0.274 e. The summed E-state index contributed by atoms with van der Waals surface area (Å²) in [5.41, 5.74) is 2.78. The minimum Gasteiger partial charge on any atom is -0.334 e. The molecule has 2 aromatic heterocycles. The van der Waals surface area contributed by atoms with Gasteiger partial charge in [-0.3, -0.25) is 4.79 Å². The van der Waals surface area contributed by atoms with Crippen LogP contribution in [-0.4, -0.2) is 51.1 Å². The Bertz CT molecular complexity index is 849. The first-order valence-corrected chi connectivity index (χ1v) is 8.47. The van der Waals surface area contributed by atoms with Gasteiger partial charge in [0.2, 0.25) is 0 Å². The van der Waals surface area contributed by atoms with Crippen LogP contribution >= 0.6 is 0 Å². The number of amides is 1. The standard InChI is InChI=1S/C19H23N5O/c1-4-6-7-15(5-2)16-8-9-18-21-17(13-24(18)22-16)19(25)23-11-10-20-14(3)12-23/h4-9,13-14,20H,2,10-12H2,1,3H3/b6-4-,15-7+. The molecule has 0 bridgehead atoms. The molecule has 2 aromatic rings. The molecule has 1 aliphatic heterocycles. The maximum Gasteiger partial charge on any atom is 0.274 e. The van der Waals surface area contributed by atoms with Crippen LogP contribution in [0.5, 0.6) is 0 Å². The lowest BCUT2D eigenvalue weighted by molar-refractivity contribution is 0.0704. The molecule has 3 heterocycles. The van der Waals surface area contributed by atoms with E-state index < -0.39 is 0 Å². The largest absolute Gasteiger partial charge is 0.334 e. The number of carbonyl (C=O) groups excluding carboxylic acids is 1. The van der Waals surface area contributed by atoms with E-state index in [0.717, 1.165) is 17.8 Å². The fourth-order valence-corrected chi connectivity index (χ4v) is 2.88. The van der Waals surface area contributed by atoms with Crippen molar-refractivity contribution in [2.75, 3.05) is 19.6 Å². The highest BCUT2D eigenvalue weighted by molar-refractivity contribution is 5.93. The first kappa shape index (κ1) is 17.1. The number of hydrogen-bond acceptors (Lipinski definition) is 4. The summed E-state index contributed by atoms with van der Waals surface area (Å²) in [7, 11) is 0. The van der Waals surface area contributed by atoms with E-state index in [1.807, 2.05) is 42.2 Å². The van der Waals surface area contributed by atoms with Gasteiger partial charge in [0.15, 0.2) is 5.65 Å². The molecule has 6 heteroatoms. The molecule has 6 nitrogen and oxygen atoms in total. The molecule has 1 unspecified atom stereocenters. The highest BCUT2D eigenvalue weighted by Gasteiger charge is 2.23. The number of fused-ring (bicyclic) bond motifs is 1. The highest BCUT2D eigenvalue weighted by Crippen LogP contribution is 2.15. The number of piperazine rings is 1. The molecule has 0 radical (unpaired) electrons. The number of hydrogen-bond donors (Lipinski definition) is 1. The number of allylic oxidation sites excluding steroid dienone is 5. The minimum absolute atomic E-state index is 0.0474. The van der Waals surface area contributed by atoms with E-state index in [1.54, 1.807) is 16.8 Å². The van der Waals surface area contributed by atoms with Crippen molar-refractivity contribution in [2.45, 2.75) is 19.9 Å². The molecule has 1 N–H and O–H groups in total. The maximum atomic E-state index is 12.7. The van der Waals surface area contributed by atoms with E-state index in [2.05, 4.69) is 28.9 Å². The van der Waals surface area contributed by atoms with Gasteiger partial charge in [0.25, 0.3) is 5.91 Å². The summed E-state index contributed by atoms with van der Waals surface area (Å²) < 4.78 is 1.65. The number of imidazole rings is 1. The molecular weight excluding hydrogens is 314 g/mol. The van der Waals surface area contributed by atoms with Crippen molar-refractivity contribution < 1.29 is 4.79 Å². The first-order chi connectivity index (χ1) is 12.1. The molecule has 3 rings (SSSR count). The molecule has 1 saturated heterocycles. The summed E-state index contributed by atoms with van der Waals surface area (Å²) in [5, 5.41) is 7.90. The number of carbonyl (C=O) groups is 1. The predicted octanol–water partition coefficient (Wildman–Crippen LogP) is 2.31. The Kier molecular flexibility index (Phi) is 5.09. The Morgan fingerprint density at radius 1 is 1.40 bits per heavy atom. The Labute approximate surface area is 147 Å². The van der Waals surface area contributed by atoms with Gasteiger partial charge in [-0.05, 0) is 26.0 Å². The number of nitrogens with one attached hydrogen (secondary N) is 1. The van der Waals surface area contributed by atoms with E-state index in [4.69, 9.17) is 0 Å². The lowest BCUT2D eigenvalue weighted by atomic mass is 10.1. The summed E-state index contributed by atoms with van der Waals surface area (Å²) in [4.78, 5) is 19.0. The minimum atomic E-state index is -0.0474. The van der Waals surface area contributed by atoms with Crippen LogP contribution in [0.3, 0.4) is 0 Å². The van der Waals surface area contributed by atoms with Crippen molar-refractivity contribution >= 4 is 17.1 Å². The molecule has 0 spiro atoms. The van der Waals surface area contributed by atoms with Crippen LogP contribution in [0.1, 0.15) is 30.0 Å². The number of aromatic nitrogens is 3. The maximum absolute atomic E-state index is 12.7. The second-order valence-corrected chi connectivity index (χ2v) is 6.11. The van der Waals surface area contributed by atoms with E-state index >= 15 is 0 Å². The van der Waals surface area contributed by atoms with Crippen molar-refractivity contribution in [1.82, 2.24) is 24.8 Å². The Morgan fingerprint density at radius 2 is 2.24 bits per heavy atom. The third-order valence-electron chi connectivity index (χ3n) is 4.18. The quantitative estimate of drug-likeness (QED) is 0.870. The molecule has 0 aromatic carbocycles. The third-order valence-corrected chi connectivity index (χ3v) is 4.18. The molecule has 1 fully saturated rings. The van der Waals surface area contributed by atoms with E-state index in [-0.39, 0.29) is 5.91 Å². The normalized spacial score (nSPS) is 18.9. The van der Waals surface area contributed by atoms with Crippen LogP contribution in [0.15, 0.2) is 49.2 Å². The van der Waals surface area contributed by atoms with Crippen molar-refractivity contribution in [1.29, 1.82) is 0 Å². The van der Waals surface area contributed by atoms with Gasteiger partial charge in [-0.15, -0.1) is 0 Å². The lowest BCUT2D eigenvalue weighted by Crippen LogP contribution is -2.51. The van der Waals surface area contributed by atoms with Crippen LogP contribution in [0.25, 0.3) is 11.2 Å². The second kappa shape index (κ2) is 7.44. The van der Waals surface area contributed by atoms with E-state index in [1.165, 1.54) is 0 Å². The number of rotatable bonds is 4. The monoisotopic (exact) mass is 337 g/mol. The summed E-state index contributed by atoms with van der Waals surface area (Å²) in [6, 6.07) is 4.05. The third kappa shape index (κ3) is 3.69. The summed E-state index contributed by atoms with van der Waals surface area (Å²) in [6.45, 7) is 10.1. The second-order valence-electron chi connectivity index (χ2n) is 6.11. The lowest BCUT2D eigenvalue weighted by Gasteiger charge is -2.31. The topological polar surface area (TPSA) is 62.5 Å². The van der Waals surface area contributed by atoms with Gasteiger partial charge in [-0.25, -0.2) is 9.50 Å². The van der Waals surface area contributed by atoms with Crippen LogP contribution in [0.4, 0.5) is 0 Å². The van der Waals surface area contributed by atoms with Crippen LogP contribution < -0.4 is 5.32 Å². The van der Waals surface area contributed by atoms with Crippen LogP contribution in [0, 0.1) is 0 Å². The molecular formula is C19H23N5O. The fraction of sp³-hybridized carbons (Fsp3) is 0.316. The van der Waals surface area contributed by atoms with Gasteiger partial charge in [-0.2, -0.15) is 5.10 Å². The van der Waals surface area contributed by atoms with Crippen molar-refractivity contribution in [3.05, 3.63) is 60.6 Å². The zero-order valence-corrected chi connectivity index (χ0v) is 14.6. The zero-order chi connectivity index (χ0) is 17.8. The number of nitrogens with zero attached hydrogens (tertiary/aromatic N) is 4. The Balaban J connectivity index is 1.90. The Hall–Kier alpha value is -2.73. The van der Waals surface area contributed by atoms with Crippen molar-refractivity contribution in [3.8, 4) is 0 Å². The Morgan fingerprint density at radius 3 is 2.96 bits per heavy atom. The van der Waals surface area contributed by atoms with Crippen molar-refractivity contribution in [3.63, 3.8) is 0 Å². The molecule has 1 amide bonds. The van der Waals surface area contributed by atoms with Gasteiger partial charge in [0, 0.05) is 31.2 Å². The van der Waals surface area contributed by atoms with Crippen molar-refractivity contribution in [2.24, 2.45) is 0 Å². The average Bonchev–Trinajstić information content (AvgIpc) is 3.05. The van der Waals surface area contributed by atoms with Gasteiger partial charge < -0.3 is 10.2 Å². The van der Waals surface area contributed by atoms with Gasteiger partial charge in [0.1, 0.15) is 5.69 Å². The SMILES string of the molecule is C=C/C(=C\C=C/C)c1ccc2nc(C(=O)N3CCNC(C)C3)cn2n1. The van der Waals surface area contributed by atoms with E-state index in [0.29, 0.717) is 30.5 Å². The highest BCUT2D eigenvalue weighted by atomic mass is 16.2. The van der Waals surface area contributed by atoms with Gasteiger partial charge in [-0.1, -0.05) is 30.9 Å². The fourth-order valence-electron chi connectivity index (χ4n) is 2.88. The molecule has 25 heavy (non-hydrogen) atoms. The summed E-state index contributed by atoms with van der Waals surface area (Å²) >= 11 is 0. The molecule has 0 aliphatic carbocycles. The summed E-state index contributed by atoms with van der Waals surface area (Å²) in [6.07, 6.45) is 9.30. The van der Waals surface area contributed by atoms with Gasteiger partial charge in [0.05, 0.1) is 11.9 Å². The summed E-state index contributed by atoms with van der Waals surface area (Å²) in [5.74, 6) is -0.0474. The predicted molar refractivity (Wildman–Crippen MR) is 99.3 cm³/mol. The van der Waals surface area contributed by atoms with Crippen LogP contribution in [0.2, 0.25) is 0 Å². The average molecular weight is 337 g/mol. The molecule has 1 aliphatic rings. The molecule has 1 atom stereocenters. The van der Waals surface area contributed by atoms with E-state index in [9.17, 15) is 4.79 Å². The van der Waals surface area contributed by atoms with Crippen LogP contribution in [-0.2, 0) is 0 Å². The molecule has 0 saturated carbocycles. The van der Waals surface area contributed by atoms with Gasteiger partial charge >= 0.3 is 0 Å². The first-order valence-electron chi connectivity index (χ1n) is 8.47. The zero-order valence-electron chi connectivity index (χ0n) is 14.6. The molecule has 130 valence electrons.